The third-order valence-electron chi connectivity index (χ3n) is 7.48. The maximum atomic E-state index is 11.9. The molecule has 5 rings (SSSR count). The van der Waals surface area contributed by atoms with Crippen LogP contribution in [0.1, 0.15) is 49.3 Å². The SMILES string of the molecule is O=[N+]([O-])c1ccc(N2CCC(N3CCCCC3)CC2)cc1NC(c1ccccc1)c1ccccc1. The largest absolute Gasteiger partial charge is 0.371 e. The van der Waals surface area contributed by atoms with Gasteiger partial charge >= 0.3 is 0 Å². The molecule has 35 heavy (non-hydrogen) atoms. The normalized spacial score (nSPS) is 17.5. The molecule has 0 bridgehead atoms. The molecule has 2 saturated heterocycles. The lowest BCUT2D eigenvalue weighted by atomic mass is 9.98. The van der Waals surface area contributed by atoms with Crippen LogP contribution in [-0.2, 0) is 0 Å². The molecule has 2 heterocycles. The summed E-state index contributed by atoms with van der Waals surface area (Å²) in [7, 11) is 0. The van der Waals surface area contributed by atoms with E-state index in [1.807, 2.05) is 48.5 Å². The summed E-state index contributed by atoms with van der Waals surface area (Å²) in [6.45, 7) is 4.44. The lowest BCUT2D eigenvalue weighted by molar-refractivity contribution is -0.384. The molecule has 0 unspecified atom stereocenters. The van der Waals surface area contributed by atoms with Crippen LogP contribution >= 0.6 is 0 Å². The number of hydrogen-bond donors (Lipinski definition) is 1. The molecule has 0 radical (unpaired) electrons. The summed E-state index contributed by atoms with van der Waals surface area (Å²) in [5, 5.41) is 15.5. The van der Waals surface area contributed by atoms with Gasteiger partial charge in [-0.1, -0.05) is 67.1 Å². The van der Waals surface area contributed by atoms with Crippen LogP contribution in [0.5, 0.6) is 0 Å². The van der Waals surface area contributed by atoms with Gasteiger partial charge in [-0.05, 0) is 62.0 Å². The molecule has 2 fully saturated rings. The van der Waals surface area contributed by atoms with Crippen LogP contribution in [0.15, 0.2) is 78.9 Å². The van der Waals surface area contributed by atoms with Crippen molar-refractivity contribution in [1.29, 1.82) is 0 Å². The van der Waals surface area contributed by atoms with Crippen molar-refractivity contribution in [2.45, 2.75) is 44.2 Å². The summed E-state index contributed by atoms with van der Waals surface area (Å²) in [5.41, 5.74) is 3.86. The van der Waals surface area contributed by atoms with E-state index in [4.69, 9.17) is 0 Å². The van der Waals surface area contributed by atoms with E-state index in [9.17, 15) is 10.1 Å². The minimum absolute atomic E-state index is 0.105. The highest BCUT2D eigenvalue weighted by molar-refractivity contribution is 5.70. The Morgan fingerprint density at radius 1 is 0.800 bits per heavy atom. The van der Waals surface area contributed by atoms with Crippen LogP contribution in [0.2, 0.25) is 0 Å². The van der Waals surface area contributed by atoms with Crippen LogP contribution in [-0.4, -0.2) is 42.0 Å². The summed E-state index contributed by atoms with van der Waals surface area (Å²) in [5.74, 6) is 0. The Bertz CT molecular complexity index is 1070. The summed E-state index contributed by atoms with van der Waals surface area (Å²) >= 11 is 0. The third-order valence-corrected chi connectivity index (χ3v) is 7.48. The molecule has 0 atom stereocenters. The van der Waals surface area contributed by atoms with Crippen molar-refractivity contribution in [2.75, 3.05) is 36.4 Å². The maximum Gasteiger partial charge on any atom is 0.292 e. The van der Waals surface area contributed by atoms with Crippen molar-refractivity contribution < 1.29 is 4.92 Å². The van der Waals surface area contributed by atoms with Crippen LogP contribution < -0.4 is 10.2 Å². The Balaban J connectivity index is 1.39. The van der Waals surface area contributed by atoms with Gasteiger partial charge in [-0.2, -0.15) is 0 Å². The van der Waals surface area contributed by atoms with E-state index in [0.29, 0.717) is 11.7 Å². The molecule has 182 valence electrons. The molecule has 0 saturated carbocycles. The molecule has 3 aromatic carbocycles. The average Bonchev–Trinajstić information content (AvgIpc) is 2.93. The van der Waals surface area contributed by atoms with Gasteiger partial charge in [0.15, 0.2) is 0 Å². The molecule has 6 heteroatoms. The quantitative estimate of drug-likeness (QED) is 0.327. The second-order valence-electron chi connectivity index (χ2n) is 9.67. The molecule has 2 aliphatic heterocycles. The van der Waals surface area contributed by atoms with Crippen molar-refractivity contribution in [3.8, 4) is 0 Å². The van der Waals surface area contributed by atoms with E-state index in [0.717, 1.165) is 42.7 Å². The fourth-order valence-corrected chi connectivity index (χ4v) is 5.57. The number of rotatable bonds is 7. The number of anilines is 2. The monoisotopic (exact) mass is 470 g/mol. The van der Waals surface area contributed by atoms with E-state index in [1.165, 1.54) is 32.4 Å². The second kappa shape index (κ2) is 10.9. The summed E-state index contributed by atoms with van der Waals surface area (Å²) < 4.78 is 0. The van der Waals surface area contributed by atoms with Crippen LogP contribution in [0.3, 0.4) is 0 Å². The second-order valence-corrected chi connectivity index (χ2v) is 9.67. The van der Waals surface area contributed by atoms with E-state index in [1.54, 1.807) is 6.07 Å². The maximum absolute atomic E-state index is 11.9. The van der Waals surface area contributed by atoms with Crippen molar-refractivity contribution in [3.05, 3.63) is 100 Å². The molecule has 3 aromatic rings. The Morgan fingerprint density at radius 2 is 1.40 bits per heavy atom. The smallest absolute Gasteiger partial charge is 0.292 e. The Labute approximate surface area is 207 Å². The van der Waals surface area contributed by atoms with Gasteiger partial charge in [-0.3, -0.25) is 10.1 Å². The van der Waals surface area contributed by atoms with Gasteiger partial charge in [0.1, 0.15) is 5.69 Å². The number of nitrogens with one attached hydrogen (secondary N) is 1. The van der Waals surface area contributed by atoms with Crippen molar-refractivity contribution >= 4 is 17.1 Å². The van der Waals surface area contributed by atoms with Crippen molar-refractivity contribution in [1.82, 2.24) is 4.90 Å². The lowest BCUT2D eigenvalue weighted by Crippen LogP contribution is -2.46. The molecule has 1 N–H and O–H groups in total. The van der Waals surface area contributed by atoms with E-state index < -0.39 is 0 Å². The number of likely N-dealkylation sites (tertiary alicyclic amines) is 1. The zero-order valence-electron chi connectivity index (χ0n) is 20.2. The highest BCUT2D eigenvalue weighted by Gasteiger charge is 2.27. The van der Waals surface area contributed by atoms with Gasteiger partial charge in [-0.25, -0.2) is 0 Å². The van der Waals surface area contributed by atoms with Gasteiger partial charge < -0.3 is 15.1 Å². The number of benzene rings is 3. The highest BCUT2D eigenvalue weighted by Crippen LogP contribution is 2.35. The van der Waals surface area contributed by atoms with E-state index in [2.05, 4.69) is 39.4 Å². The third kappa shape index (κ3) is 5.49. The van der Waals surface area contributed by atoms with Crippen LogP contribution in [0, 0.1) is 10.1 Å². The summed E-state index contributed by atoms with van der Waals surface area (Å²) in [6, 6.07) is 26.3. The summed E-state index contributed by atoms with van der Waals surface area (Å²) in [6.07, 6.45) is 6.30. The molecule has 0 aliphatic carbocycles. The number of piperidine rings is 2. The van der Waals surface area contributed by atoms with Crippen molar-refractivity contribution in [2.24, 2.45) is 0 Å². The zero-order valence-corrected chi connectivity index (χ0v) is 20.2. The number of nitro groups is 1. The van der Waals surface area contributed by atoms with Gasteiger partial charge in [0.2, 0.25) is 0 Å². The lowest BCUT2D eigenvalue weighted by Gasteiger charge is -2.41. The molecule has 0 amide bonds. The van der Waals surface area contributed by atoms with Gasteiger partial charge in [0.05, 0.1) is 11.0 Å². The van der Waals surface area contributed by atoms with E-state index in [-0.39, 0.29) is 16.7 Å². The minimum Gasteiger partial charge on any atom is -0.371 e. The fraction of sp³-hybridized carbons (Fsp3) is 0.379. The first-order valence-electron chi connectivity index (χ1n) is 12.8. The van der Waals surface area contributed by atoms with Gasteiger partial charge in [-0.15, -0.1) is 0 Å². The Hall–Kier alpha value is -3.38. The average molecular weight is 471 g/mol. The Morgan fingerprint density at radius 3 is 1.97 bits per heavy atom. The van der Waals surface area contributed by atoms with Crippen molar-refractivity contribution in [3.63, 3.8) is 0 Å². The van der Waals surface area contributed by atoms with Crippen LogP contribution in [0.25, 0.3) is 0 Å². The topological polar surface area (TPSA) is 61.7 Å². The Kier molecular flexibility index (Phi) is 7.28. The molecule has 0 aromatic heterocycles. The fourth-order valence-electron chi connectivity index (χ4n) is 5.57. The van der Waals surface area contributed by atoms with Gasteiger partial charge in [0.25, 0.3) is 5.69 Å². The predicted octanol–water partition coefficient (Wildman–Crippen LogP) is 6.25. The molecule has 6 nitrogen and oxygen atoms in total. The molecular weight excluding hydrogens is 436 g/mol. The first-order valence-corrected chi connectivity index (χ1v) is 12.8. The summed E-state index contributed by atoms with van der Waals surface area (Å²) in [4.78, 5) is 16.7. The highest BCUT2D eigenvalue weighted by atomic mass is 16.6. The van der Waals surface area contributed by atoms with E-state index >= 15 is 0 Å². The predicted molar refractivity (Wildman–Crippen MR) is 142 cm³/mol. The number of nitro benzene ring substituents is 1. The van der Waals surface area contributed by atoms with Crippen LogP contribution in [0.4, 0.5) is 17.1 Å². The molecule has 2 aliphatic rings. The first kappa shape index (κ1) is 23.4. The zero-order chi connectivity index (χ0) is 24.0. The first-order chi connectivity index (χ1) is 17.2. The standard InChI is InChI=1S/C29H34N4O2/c34-33(35)28-15-14-26(32-20-16-25(17-21-32)31-18-8-3-9-19-31)22-27(28)30-29(23-10-4-1-5-11-23)24-12-6-2-7-13-24/h1-2,4-7,10-15,22,25,29-30H,3,8-9,16-21H2. The number of nitrogens with zero attached hydrogens (tertiary/aromatic N) is 3. The van der Waals surface area contributed by atoms with Gasteiger partial charge in [0, 0.05) is 30.9 Å². The molecular formula is C29H34N4O2. The molecule has 0 spiro atoms. The minimum atomic E-state index is -0.290. The number of hydrogen-bond acceptors (Lipinski definition) is 5.